The van der Waals surface area contributed by atoms with Gasteiger partial charge in [0.1, 0.15) is 6.07 Å². The third-order valence-electron chi connectivity index (χ3n) is 5.83. The van der Waals surface area contributed by atoms with Crippen LogP contribution in [0.5, 0.6) is 5.75 Å². The number of nitrogens with zero attached hydrogens (tertiary/aromatic N) is 5. The number of anilines is 1. The Labute approximate surface area is 181 Å². The number of nitriles is 1. The van der Waals surface area contributed by atoms with Crippen molar-refractivity contribution in [2.75, 3.05) is 18.0 Å². The number of hydrogen-bond donors (Lipinski definition) is 0. The maximum atomic E-state index is 14.0. The van der Waals surface area contributed by atoms with Gasteiger partial charge in [-0.2, -0.15) is 10.2 Å². The van der Waals surface area contributed by atoms with Crippen LogP contribution in [0.25, 0.3) is 0 Å². The minimum atomic E-state index is -1.64. The van der Waals surface area contributed by atoms with Crippen molar-refractivity contribution in [1.29, 1.82) is 5.26 Å². The molecule has 0 spiro atoms. The van der Waals surface area contributed by atoms with Crippen molar-refractivity contribution in [3.05, 3.63) is 29.9 Å². The number of aromatic nitrogens is 3. The fourth-order valence-corrected chi connectivity index (χ4v) is 4.09. The van der Waals surface area contributed by atoms with Crippen molar-refractivity contribution in [3.8, 4) is 11.8 Å². The Morgan fingerprint density at radius 3 is 2.45 bits per heavy atom. The molecule has 0 N–H and O–H groups in total. The number of rotatable bonds is 6. The molecule has 2 aromatic heterocycles. The molecule has 9 heteroatoms. The summed E-state index contributed by atoms with van der Waals surface area (Å²) in [7, 11) is 0. The number of hydrogen-bond acceptors (Lipinski definition) is 8. The first-order valence-electron chi connectivity index (χ1n) is 10.9. The van der Waals surface area contributed by atoms with E-state index >= 15 is 0 Å². The Bertz CT molecular complexity index is 906. The molecule has 0 radical (unpaired) electrons. The molecule has 0 unspecified atom stereocenters. The summed E-state index contributed by atoms with van der Waals surface area (Å²) in [5, 5.41) is 13.1. The van der Waals surface area contributed by atoms with E-state index in [1.165, 1.54) is 13.8 Å². The van der Waals surface area contributed by atoms with Gasteiger partial charge in [0.05, 0.1) is 18.3 Å². The highest BCUT2D eigenvalue weighted by molar-refractivity contribution is 5.36. The molecule has 3 heterocycles. The lowest BCUT2D eigenvalue weighted by Crippen LogP contribution is -2.40. The molecule has 0 aromatic carbocycles. The summed E-state index contributed by atoms with van der Waals surface area (Å²) in [6.07, 6.45) is 7.53. The first-order chi connectivity index (χ1) is 14.9. The topological polar surface area (TPSA) is 97.3 Å². The predicted octanol–water partition coefficient (Wildman–Crippen LogP) is 3.92. The second kappa shape index (κ2) is 9.18. The van der Waals surface area contributed by atoms with Crippen LogP contribution in [0.4, 0.5) is 10.3 Å². The van der Waals surface area contributed by atoms with Gasteiger partial charge < -0.3 is 18.9 Å². The van der Waals surface area contributed by atoms with E-state index in [1.807, 2.05) is 4.90 Å². The van der Waals surface area contributed by atoms with Gasteiger partial charge in [0, 0.05) is 19.3 Å². The predicted molar refractivity (Wildman–Crippen MR) is 110 cm³/mol. The Balaban J connectivity index is 1.21. The monoisotopic (exact) mass is 429 g/mol. The average molecular weight is 429 g/mol. The van der Waals surface area contributed by atoms with E-state index in [2.05, 4.69) is 21.2 Å². The van der Waals surface area contributed by atoms with E-state index in [0.717, 1.165) is 51.6 Å². The summed E-state index contributed by atoms with van der Waals surface area (Å²) >= 11 is 0. The molecule has 2 fully saturated rings. The largest absolute Gasteiger partial charge is 0.487 e. The molecule has 2 aromatic rings. The van der Waals surface area contributed by atoms with E-state index in [4.69, 9.17) is 19.3 Å². The molecule has 166 valence electrons. The normalized spacial score (nSPS) is 22.8. The summed E-state index contributed by atoms with van der Waals surface area (Å²) in [4.78, 5) is 10.3. The third-order valence-corrected chi connectivity index (χ3v) is 5.83. The lowest BCUT2D eigenvalue weighted by atomic mass is 9.94. The van der Waals surface area contributed by atoms with Gasteiger partial charge in [-0.1, -0.05) is 0 Å². The van der Waals surface area contributed by atoms with Crippen molar-refractivity contribution >= 4 is 5.95 Å². The van der Waals surface area contributed by atoms with Gasteiger partial charge in [-0.25, -0.2) is 9.37 Å². The minimum absolute atomic E-state index is 0.00743. The number of ether oxygens (including phenoxy) is 2. The van der Waals surface area contributed by atoms with Crippen LogP contribution in [-0.2, 0) is 10.4 Å². The van der Waals surface area contributed by atoms with Crippen LogP contribution in [0.2, 0.25) is 0 Å². The highest BCUT2D eigenvalue weighted by Crippen LogP contribution is 2.30. The molecule has 8 nitrogen and oxygen atoms in total. The lowest BCUT2D eigenvalue weighted by molar-refractivity contribution is -0.0528. The summed E-state index contributed by atoms with van der Waals surface area (Å²) in [6, 6.07) is 5.65. The first-order valence-corrected chi connectivity index (χ1v) is 10.9. The SMILES string of the molecule is CC(C)(F)c1nc(N2CCC(OC3CCC(Oc4cccnc4C#N)CC3)CC2)no1. The van der Waals surface area contributed by atoms with Gasteiger partial charge in [-0.05, 0) is 69.7 Å². The van der Waals surface area contributed by atoms with Crippen LogP contribution in [0, 0.1) is 11.3 Å². The fraction of sp³-hybridized carbons (Fsp3) is 0.636. The van der Waals surface area contributed by atoms with Crippen molar-refractivity contribution in [2.24, 2.45) is 0 Å². The van der Waals surface area contributed by atoms with E-state index in [0.29, 0.717) is 17.4 Å². The molecule has 0 atom stereocenters. The van der Waals surface area contributed by atoms with Crippen molar-refractivity contribution in [2.45, 2.75) is 76.4 Å². The Morgan fingerprint density at radius 1 is 1.13 bits per heavy atom. The van der Waals surface area contributed by atoms with Crippen molar-refractivity contribution in [3.63, 3.8) is 0 Å². The van der Waals surface area contributed by atoms with E-state index < -0.39 is 5.67 Å². The molecular formula is C22H28FN5O3. The molecule has 31 heavy (non-hydrogen) atoms. The van der Waals surface area contributed by atoms with Gasteiger partial charge in [-0.15, -0.1) is 0 Å². The molecule has 1 saturated carbocycles. The zero-order valence-electron chi connectivity index (χ0n) is 18.0. The van der Waals surface area contributed by atoms with Gasteiger partial charge >= 0.3 is 0 Å². The van der Waals surface area contributed by atoms with Crippen LogP contribution < -0.4 is 9.64 Å². The summed E-state index contributed by atoms with van der Waals surface area (Å²) in [6.45, 7) is 4.33. The van der Waals surface area contributed by atoms with Crippen molar-refractivity contribution in [1.82, 2.24) is 15.1 Å². The lowest BCUT2D eigenvalue weighted by Gasteiger charge is -2.35. The zero-order valence-corrected chi connectivity index (χ0v) is 18.0. The summed E-state index contributed by atoms with van der Waals surface area (Å²) in [5.74, 6) is 1.01. The first kappa shape index (κ1) is 21.5. The van der Waals surface area contributed by atoms with Crippen molar-refractivity contribution < 1.29 is 18.4 Å². The Hall–Kier alpha value is -2.73. The number of alkyl halides is 1. The molecule has 1 saturated heterocycles. The van der Waals surface area contributed by atoms with Crippen LogP contribution >= 0.6 is 0 Å². The molecule has 2 aliphatic rings. The number of piperidine rings is 1. The van der Waals surface area contributed by atoms with Gasteiger partial charge in [0.15, 0.2) is 17.1 Å². The van der Waals surface area contributed by atoms with Crippen LogP contribution in [0.1, 0.15) is 64.0 Å². The highest BCUT2D eigenvalue weighted by Gasteiger charge is 2.31. The molecule has 1 aliphatic heterocycles. The van der Waals surface area contributed by atoms with Crippen LogP contribution in [0.15, 0.2) is 22.9 Å². The summed E-state index contributed by atoms with van der Waals surface area (Å²) in [5.41, 5.74) is -1.31. The van der Waals surface area contributed by atoms with Crippen LogP contribution in [0.3, 0.4) is 0 Å². The minimum Gasteiger partial charge on any atom is -0.487 e. The second-order valence-corrected chi connectivity index (χ2v) is 8.67. The smallest absolute Gasteiger partial charge is 0.266 e. The molecule has 4 rings (SSSR count). The average Bonchev–Trinajstić information content (AvgIpc) is 3.27. The number of halogens is 1. The zero-order chi connectivity index (χ0) is 21.8. The van der Waals surface area contributed by atoms with Gasteiger partial charge in [-0.3, -0.25) is 0 Å². The van der Waals surface area contributed by atoms with Gasteiger partial charge in [0.25, 0.3) is 11.8 Å². The maximum absolute atomic E-state index is 14.0. The fourth-order valence-electron chi connectivity index (χ4n) is 4.09. The Kier molecular flexibility index (Phi) is 6.37. The van der Waals surface area contributed by atoms with E-state index in [9.17, 15) is 4.39 Å². The maximum Gasteiger partial charge on any atom is 0.266 e. The quantitative estimate of drug-likeness (QED) is 0.682. The van der Waals surface area contributed by atoms with E-state index in [1.54, 1.807) is 18.3 Å². The molecule has 1 aliphatic carbocycles. The van der Waals surface area contributed by atoms with Gasteiger partial charge in [0.2, 0.25) is 0 Å². The summed E-state index contributed by atoms with van der Waals surface area (Å²) < 4.78 is 31.4. The van der Waals surface area contributed by atoms with E-state index in [-0.39, 0.29) is 24.2 Å². The molecule has 0 bridgehead atoms. The number of pyridine rings is 1. The second-order valence-electron chi connectivity index (χ2n) is 8.67. The third kappa shape index (κ3) is 5.31. The molecular weight excluding hydrogens is 401 g/mol. The highest BCUT2D eigenvalue weighted by atomic mass is 19.1. The molecule has 0 amide bonds. The van der Waals surface area contributed by atoms with Crippen LogP contribution in [-0.4, -0.2) is 46.5 Å². The Morgan fingerprint density at radius 2 is 1.81 bits per heavy atom. The standard InChI is InChI=1S/C22H28FN5O3/c1-22(2,23)20-26-21(27-31-20)28-12-9-17(10-13-28)29-15-5-7-16(8-6-15)30-19-4-3-11-25-18(19)14-24/h3-4,11,15-17H,5-10,12-13H2,1-2H3.